The van der Waals surface area contributed by atoms with Crippen LogP contribution in [0.2, 0.25) is 0 Å². The van der Waals surface area contributed by atoms with Gasteiger partial charge in [-0.15, -0.1) is 0 Å². The second kappa shape index (κ2) is 5.57. The maximum Gasteiger partial charge on any atom is 0.112 e. The van der Waals surface area contributed by atoms with Crippen LogP contribution in [0.4, 0.5) is 0 Å². The van der Waals surface area contributed by atoms with Gasteiger partial charge in [0.25, 0.3) is 0 Å². The number of benzene rings is 2. The van der Waals surface area contributed by atoms with Crippen LogP contribution < -0.4 is 0 Å². The molecule has 0 spiro atoms. The number of hydrogen-bond acceptors (Lipinski definition) is 1. The van der Waals surface area contributed by atoms with Crippen molar-refractivity contribution >= 4 is 22.6 Å². The monoisotopic (exact) mass is 360 g/mol. The first-order chi connectivity index (χ1) is 9.33. The number of hydrogen-bond donors (Lipinski definition) is 1. The molecule has 1 N–H and O–H groups in total. The molecule has 0 amide bonds. The van der Waals surface area contributed by atoms with Crippen LogP contribution in [0, 0.1) is 3.70 Å². The Balaban J connectivity index is 1.90. The molecule has 94 valence electrons. The van der Waals surface area contributed by atoms with Crippen molar-refractivity contribution in [2.45, 2.75) is 6.42 Å². The number of imidazole rings is 1. The molecule has 0 bridgehead atoms. The largest absolute Gasteiger partial charge is 0.337 e. The first-order valence-electron chi connectivity index (χ1n) is 6.16. The van der Waals surface area contributed by atoms with Gasteiger partial charge in [0.2, 0.25) is 0 Å². The van der Waals surface area contributed by atoms with E-state index in [1.807, 2.05) is 24.3 Å². The zero-order valence-electron chi connectivity index (χ0n) is 10.3. The van der Waals surface area contributed by atoms with E-state index in [1.165, 1.54) is 5.56 Å². The molecule has 0 atom stereocenters. The molecule has 3 heteroatoms. The van der Waals surface area contributed by atoms with Gasteiger partial charge < -0.3 is 4.98 Å². The normalized spacial score (nSPS) is 10.6. The SMILES string of the molecule is Ic1[nH]c(Cc2ccccc2)nc1-c1ccccc1. The minimum Gasteiger partial charge on any atom is -0.337 e. The molecule has 0 unspecified atom stereocenters. The molecule has 0 aliphatic carbocycles. The topological polar surface area (TPSA) is 28.7 Å². The molecule has 0 fully saturated rings. The highest BCUT2D eigenvalue weighted by Gasteiger charge is 2.09. The number of nitrogens with one attached hydrogen (secondary N) is 1. The first kappa shape index (κ1) is 12.4. The van der Waals surface area contributed by atoms with E-state index >= 15 is 0 Å². The Morgan fingerprint density at radius 3 is 2.21 bits per heavy atom. The van der Waals surface area contributed by atoms with E-state index < -0.39 is 0 Å². The molecule has 1 heterocycles. The van der Waals surface area contributed by atoms with E-state index in [-0.39, 0.29) is 0 Å². The van der Waals surface area contributed by atoms with E-state index in [9.17, 15) is 0 Å². The van der Waals surface area contributed by atoms with E-state index in [1.54, 1.807) is 0 Å². The van der Waals surface area contributed by atoms with Crippen LogP contribution in [-0.4, -0.2) is 9.97 Å². The molecular weight excluding hydrogens is 347 g/mol. The standard InChI is InChI=1S/C16H13IN2/c17-16-15(13-9-5-2-6-10-13)18-14(19-16)11-12-7-3-1-4-8-12/h1-10H,11H2,(H,18,19). The highest BCUT2D eigenvalue weighted by molar-refractivity contribution is 14.1. The van der Waals surface area contributed by atoms with Gasteiger partial charge in [0, 0.05) is 12.0 Å². The average molecular weight is 360 g/mol. The predicted molar refractivity (Wildman–Crippen MR) is 86.0 cm³/mol. The summed E-state index contributed by atoms with van der Waals surface area (Å²) in [6.45, 7) is 0. The Kier molecular flexibility index (Phi) is 3.64. The van der Waals surface area contributed by atoms with Crippen molar-refractivity contribution in [3.63, 3.8) is 0 Å². The third-order valence-corrected chi connectivity index (χ3v) is 3.75. The molecule has 1 aromatic heterocycles. The zero-order chi connectivity index (χ0) is 13.1. The second-order valence-electron chi connectivity index (χ2n) is 4.37. The molecule has 19 heavy (non-hydrogen) atoms. The molecule has 0 radical (unpaired) electrons. The molecule has 2 aromatic carbocycles. The third kappa shape index (κ3) is 2.87. The first-order valence-corrected chi connectivity index (χ1v) is 7.24. The smallest absolute Gasteiger partial charge is 0.112 e. The zero-order valence-corrected chi connectivity index (χ0v) is 12.5. The van der Waals surface area contributed by atoms with Crippen LogP contribution in [0.25, 0.3) is 11.3 Å². The number of aromatic amines is 1. The lowest BCUT2D eigenvalue weighted by molar-refractivity contribution is 1.02. The summed E-state index contributed by atoms with van der Waals surface area (Å²) in [5.74, 6) is 1.01. The second-order valence-corrected chi connectivity index (χ2v) is 5.45. The summed E-state index contributed by atoms with van der Waals surface area (Å²) in [6, 6.07) is 20.7. The Bertz CT molecular complexity index is 660. The number of aromatic nitrogens is 2. The fourth-order valence-electron chi connectivity index (χ4n) is 2.06. The average Bonchev–Trinajstić information content (AvgIpc) is 2.82. The Morgan fingerprint density at radius 1 is 0.895 bits per heavy atom. The fraction of sp³-hybridized carbons (Fsp3) is 0.0625. The van der Waals surface area contributed by atoms with Gasteiger partial charge in [-0.3, -0.25) is 0 Å². The fourth-order valence-corrected chi connectivity index (χ4v) is 2.80. The summed E-state index contributed by atoms with van der Waals surface area (Å²) < 4.78 is 1.09. The number of rotatable bonds is 3. The molecular formula is C16H13IN2. The minimum atomic E-state index is 0.837. The molecule has 3 rings (SSSR count). The van der Waals surface area contributed by atoms with Gasteiger partial charge in [-0.1, -0.05) is 60.7 Å². The van der Waals surface area contributed by atoms with Crippen molar-refractivity contribution in [2.75, 3.05) is 0 Å². The summed E-state index contributed by atoms with van der Waals surface area (Å²) in [5.41, 5.74) is 3.46. The van der Waals surface area contributed by atoms with Crippen LogP contribution >= 0.6 is 22.6 Å². The van der Waals surface area contributed by atoms with E-state index in [2.05, 4.69) is 64.0 Å². The molecule has 0 saturated heterocycles. The van der Waals surface area contributed by atoms with Crippen LogP contribution in [0.1, 0.15) is 11.4 Å². The summed E-state index contributed by atoms with van der Waals surface area (Å²) in [4.78, 5) is 8.08. The lowest BCUT2D eigenvalue weighted by atomic mass is 10.1. The van der Waals surface area contributed by atoms with Crippen molar-refractivity contribution in [2.24, 2.45) is 0 Å². The van der Waals surface area contributed by atoms with Gasteiger partial charge in [-0.05, 0) is 28.2 Å². The Labute approximate surface area is 126 Å². The maximum absolute atomic E-state index is 4.71. The van der Waals surface area contributed by atoms with Crippen molar-refractivity contribution in [1.82, 2.24) is 9.97 Å². The minimum absolute atomic E-state index is 0.837. The lowest BCUT2D eigenvalue weighted by Gasteiger charge is -1.97. The summed E-state index contributed by atoms with van der Waals surface area (Å²) in [7, 11) is 0. The molecule has 0 saturated carbocycles. The van der Waals surface area contributed by atoms with Crippen molar-refractivity contribution < 1.29 is 0 Å². The van der Waals surface area contributed by atoms with Crippen LogP contribution in [-0.2, 0) is 6.42 Å². The third-order valence-electron chi connectivity index (χ3n) is 2.97. The van der Waals surface area contributed by atoms with Gasteiger partial charge >= 0.3 is 0 Å². The number of halogens is 1. The van der Waals surface area contributed by atoms with Gasteiger partial charge in [0.15, 0.2) is 0 Å². The summed E-state index contributed by atoms with van der Waals surface area (Å²) in [6.07, 6.45) is 0.837. The van der Waals surface area contributed by atoms with Gasteiger partial charge in [-0.2, -0.15) is 0 Å². The van der Waals surface area contributed by atoms with Gasteiger partial charge in [0.05, 0.1) is 0 Å². The van der Waals surface area contributed by atoms with E-state index in [4.69, 9.17) is 4.98 Å². The number of nitrogens with zero attached hydrogens (tertiary/aromatic N) is 1. The lowest BCUT2D eigenvalue weighted by Crippen LogP contribution is -1.90. The van der Waals surface area contributed by atoms with E-state index in [0.29, 0.717) is 0 Å². The van der Waals surface area contributed by atoms with Gasteiger partial charge in [-0.25, -0.2) is 4.98 Å². The van der Waals surface area contributed by atoms with Crippen LogP contribution in [0.15, 0.2) is 60.7 Å². The summed E-state index contributed by atoms with van der Waals surface area (Å²) in [5, 5.41) is 0. The quantitative estimate of drug-likeness (QED) is 0.695. The van der Waals surface area contributed by atoms with Gasteiger partial charge in [0.1, 0.15) is 15.2 Å². The highest BCUT2D eigenvalue weighted by Crippen LogP contribution is 2.23. The predicted octanol–water partition coefficient (Wildman–Crippen LogP) is 4.27. The maximum atomic E-state index is 4.71. The van der Waals surface area contributed by atoms with Crippen LogP contribution in [0.3, 0.4) is 0 Å². The Morgan fingerprint density at radius 2 is 1.53 bits per heavy atom. The Hall–Kier alpha value is -1.62. The molecule has 3 aromatic rings. The van der Waals surface area contributed by atoms with Crippen molar-refractivity contribution in [3.8, 4) is 11.3 Å². The van der Waals surface area contributed by atoms with Crippen molar-refractivity contribution in [1.29, 1.82) is 0 Å². The number of H-pyrrole nitrogens is 1. The van der Waals surface area contributed by atoms with Crippen molar-refractivity contribution in [3.05, 3.63) is 75.8 Å². The molecule has 0 aliphatic heterocycles. The highest BCUT2D eigenvalue weighted by atomic mass is 127. The summed E-state index contributed by atoms with van der Waals surface area (Å²) >= 11 is 2.31. The van der Waals surface area contributed by atoms with E-state index in [0.717, 1.165) is 27.2 Å². The molecule has 2 nitrogen and oxygen atoms in total. The van der Waals surface area contributed by atoms with Crippen LogP contribution in [0.5, 0.6) is 0 Å². The molecule has 0 aliphatic rings.